The van der Waals surface area contributed by atoms with E-state index in [0.717, 1.165) is 43.0 Å². The average Bonchev–Trinajstić information content (AvgIpc) is 2.65. The maximum absolute atomic E-state index is 12.4. The molecule has 3 rings (SSSR count). The van der Waals surface area contributed by atoms with Crippen molar-refractivity contribution in [2.24, 2.45) is 0 Å². The van der Waals surface area contributed by atoms with E-state index in [9.17, 15) is 4.79 Å². The maximum atomic E-state index is 12.4. The molecule has 0 bridgehead atoms. The molecule has 138 valence electrons. The van der Waals surface area contributed by atoms with Crippen molar-refractivity contribution in [3.8, 4) is 0 Å². The highest BCUT2D eigenvalue weighted by Crippen LogP contribution is 2.20. The van der Waals surface area contributed by atoms with Gasteiger partial charge in [0.15, 0.2) is 0 Å². The first-order valence-corrected chi connectivity index (χ1v) is 9.31. The van der Waals surface area contributed by atoms with E-state index in [-0.39, 0.29) is 11.9 Å². The van der Waals surface area contributed by atoms with Gasteiger partial charge in [-0.1, -0.05) is 35.9 Å². The molecule has 26 heavy (non-hydrogen) atoms. The molecule has 1 aliphatic rings. The van der Waals surface area contributed by atoms with Crippen LogP contribution in [0.2, 0.25) is 0 Å². The van der Waals surface area contributed by atoms with Gasteiger partial charge in [0.1, 0.15) is 0 Å². The molecule has 1 saturated heterocycles. The lowest BCUT2D eigenvalue weighted by Crippen LogP contribution is -2.36. The minimum atomic E-state index is -0.00801. The van der Waals surface area contributed by atoms with Crippen molar-refractivity contribution in [2.75, 3.05) is 31.2 Å². The minimum Gasteiger partial charge on any atom is -0.378 e. The zero-order valence-electron chi connectivity index (χ0n) is 15.9. The van der Waals surface area contributed by atoms with Gasteiger partial charge in [-0.25, -0.2) is 0 Å². The Morgan fingerprint density at radius 3 is 2.50 bits per heavy atom. The average molecular weight is 352 g/mol. The number of aryl methyl sites for hydroxylation is 2. The molecule has 1 N–H and O–H groups in total. The van der Waals surface area contributed by atoms with Crippen LogP contribution in [0.1, 0.15) is 35.2 Å². The van der Waals surface area contributed by atoms with Gasteiger partial charge < -0.3 is 15.0 Å². The van der Waals surface area contributed by atoms with Crippen molar-refractivity contribution in [2.45, 2.75) is 33.2 Å². The third-order valence-corrected chi connectivity index (χ3v) is 5.00. The van der Waals surface area contributed by atoms with Crippen LogP contribution in [0.25, 0.3) is 0 Å². The Morgan fingerprint density at radius 2 is 1.81 bits per heavy atom. The monoisotopic (exact) mass is 352 g/mol. The van der Waals surface area contributed by atoms with Gasteiger partial charge in [-0.05, 0) is 49.6 Å². The fourth-order valence-electron chi connectivity index (χ4n) is 3.33. The summed E-state index contributed by atoms with van der Waals surface area (Å²) in [5.74, 6) is 0.0588. The first-order chi connectivity index (χ1) is 12.5. The number of benzene rings is 2. The highest BCUT2D eigenvalue weighted by Gasteiger charge is 2.14. The molecule has 1 amide bonds. The summed E-state index contributed by atoms with van der Waals surface area (Å²) in [6.45, 7) is 9.57. The number of hydrogen-bond donors (Lipinski definition) is 1. The van der Waals surface area contributed by atoms with Crippen molar-refractivity contribution >= 4 is 11.6 Å². The second-order valence-corrected chi connectivity index (χ2v) is 7.09. The van der Waals surface area contributed by atoms with Gasteiger partial charge in [-0.15, -0.1) is 0 Å². The lowest BCUT2D eigenvalue weighted by molar-refractivity contribution is -0.121. The quantitative estimate of drug-likeness (QED) is 0.895. The SMILES string of the molecule is Cc1ccc(C)c(CC(=O)NC(C)c2ccc(N3CCOCC3)cc2)c1. The summed E-state index contributed by atoms with van der Waals surface area (Å²) in [4.78, 5) is 14.8. The third kappa shape index (κ3) is 4.64. The van der Waals surface area contributed by atoms with Gasteiger partial charge >= 0.3 is 0 Å². The zero-order valence-corrected chi connectivity index (χ0v) is 15.9. The van der Waals surface area contributed by atoms with Gasteiger partial charge in [0, 0.05) is 18.8 Å². The van der Waals surface area contributed by atoms with Crippen LogP contribution in [0.5, 0.6) is 0 Å². The number of amides is 1. The van der Waals surface area contributed by atoms with Crippen molar-refractivity contribution in [3.63, 3.8) is 0 Å². The van der Waals surface area contributed by atoms with E-state index >= 15 is 0 Å². The van der Waals surface area contributed by atoms with Crippen molar-refractivity contribution < 1.29 is 9.53 Å². The summed E-state index contributed by atoms with van der Waals surface area (Å²) in [6.07, 6.45) is 0.420. The molecule has 1 aliphatic heterocycles. The fourth-order valence-corrected chi connectivity index (χ4v) is 3.33. The van der Waals surface area contributed by atoms with Gasteiger partial charge in [0.25, 0.3) is 0 Å². The summed E-state index contributed by atoms with van der Waals surface area (Å²) in [6, 6.07) is 14.7. The van der Waals surface area contributed by atoms with Crippen LogP contribution in [0.15, 0.2) is 42.5 Å². The Bertz CT molecular complexity index is 749. The van der Waals surface area contributed by atoms with Crippen LogP contribution in [0.4, 0.5) is 5.69 Å². The summed E-state index contributed by atoms with van der Waals surface area (Å²) in [7, 11) is 0. The van der Waals surface area contributed by atoms with Crippen LogP contribution >= 0.6 is 0 Å². The molecule has 1 unspecified atom stereocenters. The second kappa shape index (κ2) is 8.37. The number of nitrogens with zero attached hydrogens (tertiary/aromatic N) is 1. The summed E-state index contributed by atoms with van der Waals surface area (Å²) >= 11 is 0. The largest absolute Gasteiger partial charge is 0.378 e. The van der Waals surface area contributed by atoms with Gasteiger partial charge in [-0.3, -0.25) is 4.79 Å². The first kappa shape index (κ1) is 18.5. The number of anilines is 1. The van der Waals surface area contributed by atoms with Crippen LogP contribution in [-0.2, 0) is 16.0 Å². The predicted molar refractivity (Wildman–Crippen MR) is 106 cm³/mol. The van der Waals surface area contributed by atoms with Crippen LogP contribution in [0.3, 0.4) is 0 Å². The molecule has 2 aromatic rings. The van der Waals surface area contributed by atoms with Crippen LogP contribution in [0, 0.1) is 13.8 Å². The van der Waals surface area contributed by atoms with E-state index in [0.29, 0.717) is 6.42 Å². The third-order valence-electron chi connectivity index (χ3n) is 5.00. The Hall–Kier alpha value is -2.33. The number of carbonyl (C=O) groups excluding carboxylic acids is 1. The van der Waals surface area contributed by atoms with Gasteiger partial charge in [-0.2, -0.15) is 0 Å². The Labute approximate surface area is 156 Å². The first-order valence-electron chi connectivity index (χ1n) is 9.31. The van der Waals surface area contributed by atoms with Crippen molar-refractivity contribution in [3.05, 3.63) is 64.7 Å². The Morgan fingerprint density at radius 1 is 1.12 bits per heavy atom. The summed E-state index contributed by atoms with van der Waals surface area (Å²) < 4.78 is 5.40. The van der Waals surface area contributed by atoms with Gasteiger partial charge in [0.2, 0.25) is 5.91 Å². The molecule has 1 fully saturated rings. The Kier molecular flexibility index (Phi) is 5.94. The molecule has 4 heteroatoms. The topological polar surface area (TPSA) is 41.6 Å². The van der Waals surface area contributed by atoms with Crippen LogP contribution < -0.4 is 10.2 Å². The molecule has 0 aliphatic carbocycles. The standard InChI is InChI=1S/C22H28N2O2/c1-16-4-5-17(2)20(14-16)15-22(25)23-18(3)19-6-8-21(9-7-19)24-10-12-26-13-11-24/h4-9,14,18H,10-13,15H2,1-3H3,(H,23,25). The highest BCUT2D eigenvalue weighted by molar-refractivity contribution is 5.79. The molecule has 1 heterocycles. The number of morpholine rings is 1. The smallest absolute Gasteiger partial charge is 0.224 e. The van der Waals surface area contributed by atoms with Crippen molar-refractivity contribution in [1.82, 2.24) is 5.32 Å². The van der Waals surface area contributed by atoms with E-state index in [4.69, 9.17) is 4.74 Å². The van der Waals surface area contributed by atoms with E-state index in [1.165, 1.54) is 11.3 Å². The fraction of sp³-hybridized carbons (Fsp3) is 0.409. The second-order valence-electron chi connectivity index (χ2n) is 7.09. The van der Waals surface area contributed by atoms with E-state index < -0.39 is 0 Å². The molecule has 4 nitrogen and oxygen atoms in total. The number of nitrogens with one attached hydrogen (secondary N) is 1. The molecule has 0 spiro atoms. The van der Waals surface area contributed by atoms with E-state index in [2.05, 4.69) is 66.5 Å². The maximum Gasteiger partial charge on any atom is 0.224 e. The molecular formula is C22H28N2O2. The zero-order chi connectivity index (χ0) is 18.5. The molecule has 0 saturated carbocycles. The Balaban J connectivity index is 1.59. The predicted octanol–water partition coefficient (Wildman–Crippen LogP) is 3.56. The van der Waals surface area contributed by atoms with E-state index in [1.807, 2.05) is 6.92 Å². The minimum absolute atomic E-state index is 0.00801. The number of ether oxygens (including phenoxy) is 1. The molecule has 1 atom stereocenters. The molecule has 2 aromatic carbocycles. The lowest BCUT2D eigenvalue weighted by Gasteiger charge is -2.29. The normalized spacial score (nSPS) is 15.6. The summed E-state index contributed by atoms with van der Waals surface area (Å²) in [5.41, 5.74) is 5.78. The number of rotatable bonds is 5. The molecule has 0 radical (unpaired) electrons. The molecular weight excluding hydrogens is 324 g/mol. The number of hydrogen-bond acceptors (Lipinski definition) is 3. The molecule has 0 aromatic heterocycles. The van der Waals surface area contributed by atoms with E-state index in [1.54, 1.807) is 0 Å². The van der Waals surface area contributed by atoms with Crippen molar-refractivity contribution in [1.29, 1.82) is 0 Å². The number of carbonyl (C=O) groups is 1. The van der Waals surface area contributed by atoms with Gasteiger partial charge in [0.05, 0.1) is 25.7 Å². The lowest BCUT2D eigenvalue weighted by atomic mass is 10.0. The van der Waals surface area contributed by atoms with Crippen LogP contribution in [-0.4, -0.2) is 32.2 Å². The summed E-state index contributed by atoms with van der Waals surface area (Å²) in [5, 5.41) is 3.12. The highest BCUT2D eigenvalue weighted by atomic mass is 16.5.